The summed E-state index contributed by atoms with van der Waals surface area (Å²) in [5, 5.41) is 3.70. The van der Waals surface area contributed by atoms with E-state index in [-0.39, 0.29) is 0 Å². The third-order valence-electron chi connectivity index (χ3n) is 5.04. The van der Waals surface area contributed by atoms with Crippen molar-refractivity contribution in [3.8, 4) is 0 Å². The van der Waals surface area contributed by atoms with Crippen molar-refractivity contribution in [3.05, 3.63) is 53.7 Å². The average Bonchev–Trinajstić information content (AvgIpc) is 2.86. The van der Waals surface area contributed by atoms with Gasteiger partial charge in [-0.05, 0) is 42.5 Å². The Bertz CT molecular complexity index is 665. The van der Waals surface area contributed by atoms with Gasteiger partial charge in [0.05, 0.1) is 31.1 Å². The van der Waals surface area contributed by atoms with E-state index in [9.17, 15) is 0 Å². The molecule has 1 unspecified atom stereocenters. The fourth-order valence-electron chi connectivity index (χ4n) is 3.72. The van der Waals surface area contributed by atoms with Crippen molar-refractivity contribution in [1.29, 1.82) is 0 Å². The lowest BCUT2D eigenvalue weighted by atomic mass is 9.99. The van der Waals surface area contributed by atoms with Crippen LogP contribution in [-0.2, 0) is 11.2 Å². The van der Waals surface area contributed by atoms with Crippen LogP contribution >= 0.6 is 0 Å². The summed E-state index contributed by atoms with van der Waals surface area (Å²) in [6.45, 7) is 3.44. The zero-order valence-electron chi connectivity index (χ0n) is 14.1. The zero-order valence-corrected chi connectivity index (χ0v) is 14.1. The van der Waals surface area contributed by atoms with Crippen molar-refractivity contribution in [2.75, 3.05) is 36.5 Å². The van der Waals surface area contributed by atoms with Gasteiger partial charge in [-0.15, -0.1) is 0 Å². The van der Waals surface area contributed by atoms with Crippen LogP contribution in [0.4, 0.5) is 11.5 Å². The first-order chi connectivity index (χ1) is 11.9. The van der Waals surface area contributed by atoms with Gasteiger partial charge in [-0.3, -0.25) is 0 Å². The number of hydrogen-bond acceptors (Lipinski definition) is 4. The van der Waals surface area contributed by atoms with Gasteiger partial charge in [-0.2, -0.15) is 0 Å². The minimum absolute atomic E-state index is 0.389. The van der Waals surface area contributed by atoms with Crippen LogP contribution in [-0.4, -0.2) is 31.3 Å². The Morgan fingerprint density at radius 1 is 1.04 bits per heavy atom. The number of anilines is 2. The van der Waals surface area contributed by atoms with Crippen LogP contribution in [0, 0.1) is 0 Å². The fourth-order valence-corrected chi connectivity index (χ4v) is 3.72. The molecular weight excluding hydrogens is 298 g/mol. The SMILES string of the molecule is c1ccc2c(c1)CCCCC2Nc1ccc(N2CCOCC2)nc1. The molecule has 4 heteroatoms. The molecule has 0 radical (unpaired) electrons. The lowest BCUT2D eigenvalue weighted by Gasteiger charge is -2.28. The minimum atomic E-state index is 0.389. The topological polar surface area (TPSA) is 37.4 Å². The van der Waals surface area contributed by atoms with E-state index in [1.807, 2.05) is 6.20 Å². The number of ether oxygens (including phenoxy) is 1. The Kier molecular flexibility index (Phi) is 4.65. The molecule has 1 N–H and O–H groups in total. The van der Waals surface area contributed by atoms with Gasteiger partial charge < -0.3 is 15.0 Å². The molecule has 0 amide bonds. The first-order valence-electron chi connectivity index (χ1n) is 9.03. The molecule has 0 saturated carbocycles. The number of pyridine rings is 1. The Labute approximate surface area is 143 Å². The Hall–Kier alpha value is -2.07. The van der Waals surface area contributed by atoms with Gasteiger partial charge in [0, 0.05) is 13.1 Å². The molecule has 1 saturated heterocycles. The predicted molar refractivity (Wildman–Crippen MR) is 97.6 cm³/mol. The second-order valence-corrected chi connectivity index (χ2v) is 6.65. The first-order valence-corrected chi connectivity index (χ1v) is 9.03. The summed E-state index contributed by atoms with van der Waals surface area (Å²) in [7, 11) is 0. The van der Waals surface area contributed by atoms with Crippen molar-refractivity contribution in [2.45, 2.75) is 31.7 Å². The number of fused-ring (bicyclic) bond motifs is 1. The van der Waals surface area contributed by atoms with E-state index in [0.29, 0.717) is 6.04 Å². The Morgan fingerprint density at radius 3 is 2.75 bits per heavy atom. The Morgan fingerprint density at radius 2 is 1.92 bits per heavy atom. The third-order valence-corrected chi connectivity index (χ3v) is 5.04. The van der Waals surface area contributed by atoms with Crippen LogP contribution in [0.15, 0.2) is 42.6 Å². The molecule has 1 atom stereocenters. The quantitative estimate of drug-likeness (QED) is 0.872. The highest BCUT2D eigenvalue weighted by atomic mass is 16.5. The maximum atomic E-state index is 5.41. The van der Waals surface area contributed by atoms with Crippen LogP contribution in [0.2, 0.25) is 0 Å². The van der Waals surface area contributed by atoms with E-state index in [4.69, 9.17) is 4.74 Å². The summed E-state index contributed by atoms with van der Waals surface area (Å²) in [5.74, 6) is 1.05. The van der Waals surface area contributed by atoms with Crippen molar-refractivity contribution < 1.29 is 4.74 Å². The minimum Gasteiger partial charge on any atom is -0.378 e. The predicted octanol–water partition coefficient (Wildman–Crippen LogP) is 3.80. The van der Waals surface area contributed by atoms with Gasteiger partial charge in [0.1, 0.15) is 5.82 Å². The highest BCUT2D eigenvalue weighted by Gasteiger charge is 2.18. The van der Waals surface area contributed by atoms with E-state index in [1.165, 1.54) is 36.8 Å². The maximum absolute atomic E-state index is 5.41. The maximum Gasteiger partial charge on any atom is 0.128 e. The molecule has 4 nitrogen and oxygen atoms in total. The summed E-state index contributed by atoms with van der Waals surface area (Å²) in [4.78, 5) is 6.94. The summed E-state index contributed by atoms with van der Waals surface area (Å²) in [5.41, 5.74) is 4.05. The molecule has 2 heterocycles. The number of nitrogens with zero attached hydrogens (tertiary/aromatic N) is 2. The molecule has 0 bridgehead atoms. The molecule has 24 heavy (non-hydrogen) atoms. The summed E-state index contributed by atoms with van der Waals surface area (Å²) >= 11 is 0. The fraction of sp³-hybridized carbons (Fsp3) is 0.450. The molecule has 1 aliphatic heterocycles. The lowest BCUT2D eigenvalue weighted by Crippen LogP contribution is -2.36. The number of benzene rings is 1. The highest BCUT2D eigenvalue weighted by molar-refractivity contribution is 5.50. The van der Waals surface area contributed by atoms with Crippen molar-refractivity contribution >= 4 is 11.5 Å². The molecule has 2 aromatic rings. The lowest BCUT2D eigenvalue weighted by molar-refractivity contribution is 0.122. The first kappa shape index (κ1) is 15.5. The number of aryl methyl sites for hydroxylation is 1. The normalized spacial score (nSPS) is 21.0. The molecular formula is C20H25N3O. The number of nitrogens with one attached hydrogen (secondary N) is 1. The van der Waals surface area contributed by atoms with Crippen LogP contribution in [0.1, 0.15) is 36.4 Å². The van der Waals surface area contributed by atoms with Gasteiger partial charge in [0.25, 0.3) is 0 Å². The van der Waals surface area contributed by atoms with Gasteiger partial charge in [-0.1, -0.05) is 30.7 Å². The van der Waals surface area contributed by atoms with Gasteiger partial charge >= 0.3 is 0 Å². The standard InChI is InChI=1S/C20H25N3O/c1-3-7-18-16(5-1)6-2-4-8-19(18)22-17-9-10-20(21-15-17)23-11-13-24-14-12-23/h1,3,5,7,9-10,15,19,22H,2,4,6,8,11-14H2. The summed E-state index contributed by atoms with van der Waals surface area (Å²) < 4.78 is 5.41. The number of hydrogen-bond donors (Lipinski definition) is 1. The molecule has 0 spiro atoms. The molecule has 1 aliphatic carbocycles. The molecule has 1 aromatic carbocycles. The van der Waals surface area contributed by atoms with Crippen LogP contribution in [0.3, 0.4) is 0 Å². The molecule has 1 fully saturated rings. The second kappa shape index (κ2) is 7.22. The largest absolute Gasteiger partial charge is 0.378 e. The van der Waals surface area contributed by atoms with E-state index in [0.717, 1.165) is 37.8 Å². The smallest absolute Gasteiger partial charge is 0.128 e. The average molecular weight is 323 g/mol. The van der Waals surface area contributed by atoms with E-state index >= 15 is 0 Å². The summed E-state index contributed by atoms with van der Waals surface area (Å²) in [6.07, 6.45) is 6.90. The number of rotatable bonds is 3. The van der Waals surface area contributed by atoms with Crippen LogP contribution in [0.25, 0.3) is 0 Å². The molecule has 4 rings (SSSR count). The van der Waals surface area contributed by atoms with Crippen LogP contribution in [0.5, 0.6) is 0 Å². The van der Waals surface area contributed by atoms with Crippen molar-refractivity contribution in [3.63, 3.8) is 0 Å². The van der Waals surface area contributed by atoms with Gasteiger partial charge in [-0.25, -0.2) is 4.98 Å². The monoisotopic (exact) mass is 323 g/mol. The van der Waals surface area contributed by atoms with Gasteiger partial charge in [0.15, 0.2) is 0 Å². The van der Waals surface area contributed by atoms with Gasteiger partial charge in [0.2, 0.25) is 0 Å². The Balaban J connectivity index is 1.49. The highest BCUT2D eigenvalue weighted by Crippen LogP contribution is 2.31. The third kappa shape index (κ3) is 3.39. The summed E-state index contributed by atoms with van der Waals surface area (Å²) in [6, 6.07) is 13.5. The van der Waals surface area contributed by atoms with Crippen molar-refractivity contribution in [2.24, 2.45) is 0 Å². The van der Waals surface area contributed by atoms with Crippen molar-refractivity contribution in [1.82, 2.24) is 4.98 Å². The molecule has 2 aliphatic rings. The number of morpholine rings is 1. The molecule has 126 valence electrons. The van der Waals surface area contributed by atoms with E-state index in [2.05, 4.69) is 51.6 Å². The number of aromatic nitrogens is 1. The van der Waals surface area contributed by atoms with E-state index in [1.54, 1.807) is 0 Å². The molecule has 1 aromatic heterocycles. The zero-order chi connectivity index (χ0) is 16.2. The van der Waals surface area contributed by atoms with E-state index < -0.39 is 0 Å². The van der Waals surface area contributed by atoms with Crippen LogP contribution < -0.4 is 10.2 Å². The second-order valence-electron chi connectivity index (χ2n) is 6.65.